The van der Waals surface area contributed by atoms with E-state index < -0.39 is 0 Å². The lowest BCUT2D eigenvalue weighted by molar-refractivity contribution is -0.144. The van der Waals surface area contributed by atoms with Gasteiger partial charge in [0.1, 0.15) is 0 Å². The molecular formula is C12H23N3O. The zero-order valence-corrected chi connectivity index (χ0v) is 10.6. The summed E-state index contributed by atoms with van der Waals surface area (Å²) in [6, 6.07) is 0.665. The lowest BCUT2D eigenvalue weighted by Crippen LogP contribution is -2.61. The van der Waals surface area contributed by atoms with Gasteiger partial charge in [0.25, 0.3) is 0 Å². The summed E-state index contributed by atoms with van der Waals surface area (Å²) >= 11 is 0. The van der Waals surface area contributed by atoms with Crippen LogP contribution in [0.1, 0.15) is 20.3 Å². The van der Waals surface area contributed by atoms with Crippen LogP contribution in [0.5, 0.6) is 0 Å². The number of nitrogens with zero attached hydrogens (tertiary/aromatic N) is 3. The predicted octanol–water partition coefficient (Wildman–Crippen LogP) is 0.243. The van der Waals surface area contributed by atoms with Crippen molar-refractivity contribution in [2.24, 2.45) is 0 Å². The number of rotatable bonds is 2. The molecule has 0 N–H and O–H groups in total. The number of likely N-dealkylation sites (tertiary alicyclic amines) is 1. The van der Waals surface area contributed by atoms with Gasteiger partial charge >= 0.3 is 0 Å². The molecule has 2 aliphatic heterocycles. The summed E-state index contributed by atoms with van der Waals surface area (Å²) in [5, 5.41) is 0. The second kappa shape index (κ2) is 4.72. The fourth-order valence-electron chi connectivity index (χ4n) is 2.53. The van der Waals surface area contributed by atoms with E-state index in [0.29, 0.717) is 11.9 Å². The molecule has 2 rings (SSSR count). The van der Waals surface area contributed by atoms with Crippen LogP contribution < -0.4 is 0 Å². The van der Waals surface area contributed by atoms with Crippen molar-refractivity contribution in [2.45, 2.75) is 32.4 Å². The van der Waals surface area contributed by atoms with Crippen LogP contribution in [0.15, 0.2) is 0 Å². The maximum atomic E-state index is 12.3. The fraction of sp³-hybridized carbons (Fsp3) is 0.917. The molecule has 2 fully saturated rings. The molecule has 4 nitrogen and oxygen atoms in total. The molecule has 92 valence electrons. The Morgan fingerprint density at radius 3 is 2.19 bits per heavy atom. The van der Waals surface area contributed by atoms with Gasteiger partial charge < -0.3 is 9.80 Å². The van der Waals surface area contributed by atoms with Gasteiger partial charge in [-0.25, -0.2) is 0 Å². The molecule has 0 spiro atoms. The first-order valence-electron chi connectivity index (χ1n) is 6.32. The molecule has 0 unspecified atom stereocenters. The van der Waals surface area contributed by atoms with Crippen molar-refractivity contribution in [1.29, 1.82) is 0 Å². The molecule has 0 aliphatic carbocycles. The van der Waals surface area contributed by atoms with E-state index in [1.165, 1.54) is 0 Å². The van der Waals surface area contributed by atoms with Crippen molar-refractivity contribution in [1.82, 2.24) is 14.7 Å². The zero-order valence-electron chi connectivity index (χ0n) is 10.6. The Bertz CT molecular complexity index is 259. The van der Waals surface area contributed by atoms with Crippen LogP contribution in [0, 0.1) is 0 Å². The molecular weight excluding hydrogens is 202 g/mol. The summed E-state index contributed by atoms with van der Waals surface area (Å²) in [7, 11) is 2.12. The van der Waals surface area contributed by atoms with Crippen LogP contribution >= 0.6 is 0 Å². The van der Waals surface area contributed by atoms with Gasteiger partial charge in [-0.15, -0.1) is 0 Å². The standard InChI is InChI=1S/C12H23N3O/c1-10(2)15-5-4-11(15)12(16)14-8-6-13(3)7-9-14/h10-11H,4-9H2,1-3H3/t11-/m0/s1. The number of amides is 1. The Hall–Kier alpha value is -0.610. The Kier molecular flexibility index (Phi) is 3.50. The highest BCUT2D eigenvalue weighted by atomic mass is 16.2. The van der Waals surface area contributed by atoms with Crippen LogP contribution in [-0.2, 0) is 4.79 Å². The van der Waals surface area contributed by atoms with Gasteiger partial charge in [-0.1, -0.05) is 0 Å². The summed E-state index contributed by atoms with van der Waals surface area (Å²) in [6.45, 7) is 9.25. The van der Waals surface area contributed by atoms with Gasteiger partial charge in [0.2, 0.25) is 5.91 Å². The third-order valence-corrected chi connectivity index (χ3v) is 3.82. The van der Waals surface area contributed by atoms with Crippen LogP contribution in [0.4, 0.5) is 0 Å². The summed E-state index contributed by atoms with van der Waals surface area (Å²) in [4.78, 5) is 18.9. The van der Waals surface area contributed by atoms with Gasteiger partial charge in [-0.2, -0.15) is 0 Å². The van der Waals surface area contributed by atoms with Crippen LogP contribution in [-0.4, -0.2) is 72.5 Å². The Balaban J connectivity index is 1.88. The van der Waals surface area contributed by atoms with Crippen LogP contribution in [0.2, 0.25) is 0 Å². The highest BCUT2D eigenvalue weighted by Gasteiger charge is 2.38. The maximum Gasteiger partial charge on any atom is 0.240 e. The number of carbonyl (C=O) groups is 1. The highest BCUT2D eigenvalue weighted by molar-refractivity contribution is 5.83. The summed E-state index contributed by atoms with van der Waals surface area (Å²) in [6.07, 6.45) is 1.04. The van der Waals surface area contributed by atoms with Gasteiger partial charge in [0, 0.05) is 38.8 Å². The molecule has 0 aromatic rings. The van der Waals surface area contributed by atoms with E-state index in [2.05, 4.69) is 30.7 Å². The van der Waals surface area contributed by atoms with Gasteiger partial charge in [0.15, 0.2) is 0 Å². The third-order valence-electron chi connectivity index (χ3n) is 3.82. The quantitative estimate of drug-likeness (QED) is 0.674. The van der Waals surface area contributed by atoms with Crippen molar-refractivity contribution < 1.29 is 4.79 Å². The van der Waals surface area contributed by atoms with Crippen molar-refractivity contribution in [3.63, 3.8) is 0 Å². The van der Waals surface area contributed by atoms with Crippen molar-refractivity contribution >= 4 is 5.91 Å². The highest BCUT2D eigenvalue weighted by Crippen LogP contribution is 2.22. The monoisotopic (exact) mass is 225 g/mol. The number of piperazine rings is 1. The van der Waals surface area contributed by atoms with Gasteiger partial charge in [-0.3, -0.25) is 9.69 Å². The Morgan fingerprint density at radius 2 is 1.75 bits per heavy atom. The molecule has 2 aliphatic rings. The second-order valence-corrected chi connectivity index (χ2v) is 5.26. The van der Waals surface area contributed by atoms with E-state index >= 15 is 0 Å². The topological polar surface area (TPSA) is 26.8 Å². The average molecular weight is 225 g/mol. The summed E-state index contributed by atoms with van der Waals surface area (Å²) < 4.78 is 0. The molecule has 1 amide bonds. The molecule has 0 bridgehead atoms. The van der Waals surface area contributed by atoms with Crippen LogP contribution in [0.25, 0.3) is 0 Å². The van der Waals surface area contributed by atoms with E-state index in [1.54, 1.807) is 0 Å². The van der Waals surface area contributed by atoms with E-state index in [1.807, 2.05) is 4.90 Å². The van der Waals surface area contributed by atoms with Gasteiger partial charge in [0.05, 0.1) is 6.04 Å². The zero-order chi connectivity index (χ0) is 11.7. The fourth-order valence-corrected chi connectivity index (χ4v) is 2.53. The maximum absolute atomic E-state index is 12.3. The minimum absolute atomic E-state index is 0.170. The third kappa shape index (κ3) is 2.23. The number of carbonyl (C=O) groups excluding carboxylic acids is 1. The molecule has 0 aromatic heterocycles. The summed E-state index contributed by atoms with van der Waals surface area (Å²) in [5.74, 6) is 0.355. The van der Waals surface area contributed by atoms with E-state index in [-0.39, 0.29) is 6.04 Å². The predicted molar refractivity (Wildman–Crippen MR) is 64.3 cm³/mol. The van der Waals surface area contributed by atoms with Crippen molar-refractivity contribution in [3.05, 3.63) is 0 Å². The van der Waals surface area contributed by atoms with E-state index in [4.69, 9.17) is 0 Å². The molecule has 4 heteroatoms. The second-order valence-electron chi connectivity index (χ2n) is 5.26. The minimum Gasteiger partial charge on any atom is -0.339 e. The van der Waals surface area contributed by atoms with E-state index in [9.17, 15) is 4.79 Å². The average Bonchev–Trinajstić information content (AvgIpc) is 2.15. The van der Waals surface area contributed by atoms with Crippen molar-refractivity contribution in [2.75, 3.05) is 39.8 Å². The van der Waals surface area contributed by atoms with Gasteiger partial charge in [-0.05, 0) is 27.3 Å². The largest absolute Gasteiger partial charge is 0.339 e. The molecule has 2 saturated heterocycles. The number of hydrogen-bond acceptors (Lipinski definition) is 3. The first-order valence-corrected chi connectivity index (χ1v) is 6.32. The Labute approximate surface area is 98.2 Å². The summed E-state index contributed by atoms with van der Waals surface area (Å²) in [5.41, 5.74) is 0. The molecule has 1 atom stereocenters. The molecule has 0 aromatic carbocycles. The first-order chi connectivity index (χ1) is 7.59. The molecule has 16 heavy (non-hydrogen) atoms. The van der Waals surface area contributed by atoms with Crippen molar-refractivity contribution in [3.8, 4) is 0 Å². The minimum atomic E-state index is 0.170. The lowest BCUT2D eigenvalue weighted by Gasteiger charge is -2.45. The number of likely N-dealkylation sites (N-methyl/N-ethyl adjacent to an activating group) is 1. The molecule has 2 heterocycles. The first kappa shape index (κ1) is 11.9. The number of hydrogen-bond donors (Lipinski definition) is 0. The SMILES string of the molecule is CC(C)N1CC[C@H]1C(=O)N1CCN(C)CC1. The Morgan fingerprint density at radius 1 is 1.12 bits per heavy atom. The smallest absolute Gasteiger partial charge is 0.240 e. The lowest BCUT2D eigenvalue weighted by atomic mass is 9.99. The molecule has 0 saturated carbocycles. The van der Waals surface area contributed by atoms with E-state index in [0.717, 1.165) is 39.1 Å². The normalized spacial score (nSPS) is 28.2. The van der Waals surface area contributed by atoms with Crippen LogP contribution in [0.3, 0.4) is 0 Å². The molecule has 0 radical (unpaired) electrons.